The van der Waals surface area contributed by atoms with Crippen LogP contribution in [0.5, 0.6) is 0 Å². The standard InChI is InChI=1S/C14H10ClN3O2/c15-11-5-3-10(4-6-11)8-18-14(12(9-19)16-17-18)13-2-1-7-20-13/h1-7,9H,8H2. The van der Waals surface area contributed by atoms with Crippen LogP contribution >= 0.6 is 11.6 Å². The molecule has 0 amide bonds. The van der Waals surface area contributed by atoms with Crippen LogP contribution in [0.3, 0.4) is 0 Å². The zero-order chi connectivity index (χ0) is 13.9. The molecule has 0 aliphatic rings. The lowest BCUT2D eigenvalue weighted by atomic mass is 10.2. The summed E-state index contributed by atoms with van der Waals surface area (Å²) >= 11 is 5.86. The summed E-state index contributed by atoms with van der Waals surface area (Å²) in [6, 6.07) is 10.9. The highest BCUT2D eigenvalue weighted by atomic mass is 35.5. The topological polar surface area (TPSA) is 60.9 Å². The predicted molar refractivity (Wildman–Crippen MR) is 73.7 cm³/mol. The van der Waals surface area contributed by atoms with E-state index >= 15 is 0 Å². The molecule has 6 heteroatoms. The summed E-state index contributed by atoms with van der Waals surface area (Å²) in [6.07, 6.45) is 2.22. The van der Waals surface area contributed by atoms with Gasteiger partial charge in [-0.15, -0.1) is 5.10 Å². The average Bonchev–Trinajstić information content (AvgIpc) is 3.10. The zero-order valence-corrected chi connectivity index (χ0v) is 11.1. The summed E-state index contributed by atoms with van der Waals surface area (Å²) in [6.45, 7) is 0.480. The van der Waals surface area contributed by atoms with E-state index in [0.717, 1.165) is 5.56 Å². The Balaban J connectivity index is 2.00. The van der Waals surface area contributed by atoms with Crippen molar-refractivity contribution in [2.75, 3.05) is 0 Å². The van der Waals surface area contributed by atoms with Crippen LogP contribution in [0.4, 0.5) is 0 Å². The smallest absolute Gasteiger partial charge is 0.172 e. The Kier molecular flexibility index (Phi) is 3.35. The van der Waals surface area contributed by atoms with Gasteiger partial charge in [-0.1, -0.05) is 28.9 Å². The number of furan rings is 1. The fourth-order valence-electron chi connectivity index (χ4n) is 1.95. The summed E-state index contributed by atoms with van der Waals surface area (Å²) in [5.74, 6) is 0.561. The van der Waals surface area contributed by atoms with Crippen LogP contribution in [-0.4, -0.2) is 21.3 Å². The van der Waals surface area contributed by atoms with E-state index in [4.69, 9.17) is 16.0 Å². The molecule has 5 nitrogen and oxygen atoms in total. The minimum absolute atomic E-state index is 0.258. The molecule has 0 atom stereocenters. The number of halogens is 1. The predicted octanol–water partition coefficient (Wildman–Crippen LogP) is 3.05. The van der Waals surface area contributed by atoms with Gasteiger partial charge in [-0.2, -0.15) is 0 Å². The third-order valence-corrected chi connectivity index (χ3v) is 3.12. The fourth-order valence-corrected chi connectivity index (χ4v) is 2.07. The second-order valence-corrected chi connectivity index (χ2v) is 4.64. The number of aromatic nitrogens is 3. The molecule has 2 heterocycles. The molecule has 3 rings (SSSR count). The molecule has 0 fully saturated rings. The number of nitrogens with zero attached hydrogens (tertiary/aromatic N) is 3. The summed E-state index contributed by atoms with van der Waals surface area (Å²) in [5.41, 5.74) is 1.83. The molecule has 1 aromatic carbocycles. The first-order valence-corrected chi connectivity index (χ1v) is 6.32. The summed E-state index contributed by atoms with van der Waals surface area (Å²) < 4.78 is 6.97. The lowest BCUT2D eigenvalue weighted by molar-refractivity contribution is 0.111. The van der Waals surface area contributed by atoms with E-state index in [-0.39, 0.29) is 5.69 Å². The molecule has 0 aliphatic heterocycles. The molecule has 0 unspecified atom stereocenters. The van der Waals surface area contributed by atoms with Crippen molar-refractivity contribution in [3.05, 3.63) is 58.9 Å². The van der Waals surface area contributed by atoms with Crippen molar-refractivity contribution in [1.29, 1.82) is 0 Å². The van der Waals surface area contributed by atoms with Crippen LogP contribution in [0, 0.1) is 0 Å². The van der Waals surface area contributed by atoms with Gasteiger partial charge in [0, 0.05) is 5.02 Å². The van der Waals surface area contributed by atoms with Gasteiger partial charge in [-0.25, -0.2) is 4.68 Å². The molecule has 0 saturated carbocycles. The van der Waals surface area contributed by atoms with Crippen molar-refractivity contribution in [3.63, 3.8) is 0 Å². The van der Waals surface area contributed by atoms with E-state index in [1.54, 1.807) is 35.2 Å². The quantitative estimate of drug-likeness (QED) is 0.692. The lowest BCUT2D eigenvalue weighted by Crippen LogP contribution is -2.04. The van der Waals surface area contributed by atoms with Gasteiger partial charge in [0.1, 0.15) is 5.69 Å². The largest absolute Gasteiger partial charge is 0.463 e. The minimum Gasteiger partial charge on any atom is -0.463 e. The molecule has 0 spiro atoms. The van der Waals surface area contributed by atoms with E-state index in [9.17, 15) is 4.79 Å². The van der Waals surface area contributed by atoms with Crippen molar-refractivity contribution in [3.8, 4) is 11.5 Å². The number of hydrogen-bond donors (Lipinski definition) is 0. The first-order chi connectivity index (χ1) is 9.78. The fraction of sp³-hybridized carbons (Fsp3) is 0.0714. The number of rotatable bonds is 4. The maximum atomic E-state index is 11.1. The van der Waals surface area contributed by atoms with Crippen molar-refractivity contribution < 1.29 is 9.21 Å². The van der Waals surface area contributed by atoms with Gasteiger partial charge in [0.15, 0.2) is 17.7 Å². The van der Waals surface area contributed by atoms with E-state index in [1.807, 2.05) is 12.1 Å². The van der Waals surface area contributed by atoms with E-state index in [0.29, 0.717) is 29.3 Å². The summed E-state index contributed by atoms with van der Waals surface area (Å²) in [5, 5.41) is 8.54. The Morgan fingerprint density at radius 2 is 2.05 bits per heavy atom. The molecule has 0 aliphatic carbocycles. The van der Waals surface area contributed by atoms with Gasteiger partial charge in [-0.05, 0) is 29.8 Å². The normalized spacial score (nSPS) is 10.7. The molecule has 100 valence electrons. The third-order valence-electron chi connectivity index (χ3n) is 2.87. The maximum absolute atomic E-state index is 11.1. The summed E-state index contributed by atoms with van der Waals surface area (Å²) in [4.78, 5) is 11.1. The molecule has 2 aromatic heterocycles. The molecule has 0 N–H and O–H groups in total. The van der Waals surface area contributed by atoms with Gasteiger partial charge in [0.25, 0.3) is 0 Å². The number of carbonyl (C=O) groups excluding carboxylic acids is 1. The van der Waals surface area contributed by atoms with Crippen molar-refractivity contribution >= 4 is 17.9 Å². The van der Waals surface area contributed by atoms with Crippen LogP contribution in [0.2, 0.25) is 5.02 Å². The molecule has 0 radical (unpaired) electrons. The van der Waals surface area contributed by atoms with E-state index < -0.39 is 0 Å². The maximum Gasteiger partial charge on any atom is 0.172 e. The molecular formula is C14H10ClN3O2. The highest BCUT2D eigenvalue weighted by Gasteiger charge is 2.16. The minimum atomic E-state index is 0.258. The van der Waals surface area contributed by atoms with Crippen molar-refractivity contribution in [2.45, 2.75) is 6.54 Å². The second kappa shape index (κ2) is 5.30. The van der Waals surface area contributed by atoms with Crippen LogP contribution in [0.1, 0.15) is 16.1 Å². The van der Waals surface area contributed by atoms with Crippen molar-refractivity contribution in [1.82, 2.24) is 15.0 Å². The van der Waals surface area contributed by atoms with E-state index in [1.165, 1.54) is 0 Å². The van der Waals surface area contributed by atoms with Gasteiger partial charge in [0.2, 0.25) is 0 Å². The molecule has 0 saturated heterocycles. The Morgan fingerprint density at radius 1 is 1.25 bits per heavy atom. The van der Waals surface area contributed by atoms with Gasteiger partial charge < -0.3 is 4.42 Å². The first-order valence-electron chi connectivity index (χ1n) is 5.95. The molecule has 0 bridgehead atoms. The van der Waals surface area contributed by atoms with E-state index in [2.05, 4.69) is 10.3 Å². The zero-order valence-electron chi connectivity index (χ0n) is 10.4. The number of carbonyl (C=O) groups is 1. The molecule has 20 heavy (non-hydrogen) atoms. The highest BCUT2D eigenvalue weighted by Crippen LogP contribution is 2.22. The highest BCUT2D eigenvalue weighted by molar-refractivity contribution is 6.30. The molecule has 3 aromatic rings. The first kappa shape index (κ1) is 12.6. The van der Waals surface area contributed by atoms with Gasteiger partial charge >= 0.3 is 0 Å². The number of benzene rings is 1. The Hall–Kier alpha value is -2.40. The SMILES string of the molecule is O=Cc1nnn(Cc2ccc(Cl)cc2)c1-c1ccco1. The lowest BCUT2D eigenvalue weighted by Gasteiger charge is -2.05. The van der Waals surface area contributed by atoms with Crippen LogP contribution in [-0.2, 0) is 6.54 Å². The number of aldehydes is 1. The third kappa shape index (κ3) is 2.35. The Bertz CT molecular complexity index is 717. The number of hydrogen-bond acceptors (Lipinski definition) is 4. The Morgan fingerprint density at radius 3 is 2.70 bits per heavy atom. The van der Waals surface area contributed by atoms with Crippen molar-refractivity contribution in [2.24, 2.45) is 0 Å². The average molecular weight is 288 g/mol. The van der Waals surface area contributed by atoms with Crippen LogP contribution in [0.15, 0.2) is 47.1 Å². The van der Waals surface area contributed by atoms with Gasteiger partial charge in [0.05, 0.1) is 12.8 Å². The van der Waals surface area contributed by atoms with Gasteiger partial charge in [-0.3, -0.25) is 4.79 Å². The monoisotopic (exact) mass is 287 g/mol. The van der Waals surface area contributed by atoms with Crippen LogP contribution < -0.4 is 0 Å². The summed E-state index contributed by atoms with van der Waals surface area (Å²) in [7, 11) is 0. The van der Waals surface area contributed by atoms with Crippen LogP contribution in [0.25, 0.3) is 11.5 Å². The Labute approximate surface area is 119 Å². The second-order valence-electron chi connectivity index (χ2n) is 4.20. The molecular weight excluding hydrogens is 278 g/mol.